The quantitative estimate of drug-likeness (QED) is 0.406. The number of rotatable bonds is 5. The van der Waals surface area contributed by atoms with Gasteiger partial charge in [-0.3, -0.25) is 0 Å². The van der Waals surface area contributed by atoms with Crippen LogP contribution in [0.15, 0.2) is 0 Å². The number of hydrogen-bond acceptors (Lipinski definition) is 5. The first-order valence-electron chi connectivity index (χ1n) is 2.84. The van der Waals surface area contributed by atoms with Gasteiger partial charge in [0.25, 0.3) is 10.1 Å². The Hall–Kier alpha value is -0.170. The molecule has 0 bridgehead atoms. The van der Waals surface area contributed by atoms with Gasteiger partial charge in [0.15, 0.2) is 0 Å². The van der Waals surface area contributed by atoms with Gasteiger partial charge in [0.2, 0.25) is 0 Å². The van der Waals surface area contributed by atoms with Gasteiger partial charge in [0, 0.05) is 6.61 Å². The lowest BCUT2D eigenvalue weighted by Crippen LogP contribution is -2.14. The van der Waals surface area contributed by atoms with Crippen LogP contribution in [0, 0.1) is 0 Å². The molecule has 0 atom stereocenters. The third-order valence-corrected chi connectivity index (χ3v) is 2.03. The van der Waals surface area contributed by atoms with E-state index in [-0.39, 0.29) is 12.4 Å². The summed E-state index contributed by atoms with van der Waals surface area (Å²) in [5.74, 6) is 4.30. The minimum Gasteiger partial charge on any atom is -0.396 e. The summed E-state index contributed by atoms with van der Waals surface area (Å²) in [7, 11) is -3.53. The zero-order valence-corrected chi connectivity index (χ0v) is 6.30. The molecule has 6 heteroatoms. The predicted octanol–water partition coefficient (Wildman–Crippen LogP) is -1.02. The Labute approximate surface area is 59.9 Å². The standard InChI is InChI=1S/C4H11NO4S/c5-9-10(7,8)4-2-1-3-6/h6H,1-5H2. The normalized spacial score (nSPS) is 11.8. The molecule has 0 saturated carbocycles. The van der Waals surface area contributed by atoms with E-state index in [4.69, 9.17) is 5.11 Å². The molecule has 5 nitrogen and oxygen atoms in total. The molecule has 0 heterocycles. The van der Waals surface area contributed by atoms with Gasteiger partial charge < -0.3 is 5.11 Å². The zero-order chi connectivity index (χ0) is 8.04. The van der Waals surface area contributed by atoms with Crippen LogP contribution in [0.1, 0.15) is 12.8 Å². The zero-order valence-electron chi connectivity index (χ0n) is 5.49. The molecule has 10 heavy (non-hydrogen) atoms. The van der Waals surface area contributed by atoms with E-state index in [0.717, 1.165) is 0 Å². The molecule has 0 radical (unpaired) electrons. The smallest absolute Gasteiger partial charge is 0.283 e. The highest BCUT2D eigenvalue weighted by atomic mass is 32.2. The molecule has 62 valence electrons. The fourth-order valence-electron chi connectivity index (χ4n) is 0.439. The fourth-order valence-corrected chi connectivity index (χ4v) is 1.09. The highest BCUT2D eigenvalue weighted by molar-refractivity contribution is 7.86. The molecule has 0 fully saturated rings. The van der Waals surface area contributed by atoms with Gasteiger partial charge in [-0.05, 0) is 12.8 Å². The van der Waals surface area contributed by atoms with Gasteiger partial charge in [-0.1, -0.05) is 0 Å². The van der Waals surface area contributed by atoms with Crippen molar-refractivity contribution in [1.29, 1.82) is 0 Å². The van der Waals surface area contributed by atoms with Gasteiger partial charge in [-0.25, -0.2) is 0 Å². The van der Waals surface area contributed by atoms with Crippen LogP contribution in [0.3, 0.4) is 0 Å². The Balaban J connectivity index is 3.49. The van der Waals surface area contributed by atoms with Crippen molar-refractivity contribution >= 4 is 10.1 Å². The summed E-state index contributed by atoms with van der Waals surface area (Å²) in [6.45, 7) is -0.0138. The topological polar surface area (TPSA) is 89.6 Å². The lowest BCUT2D eigenvalue weighted by atomic mass is 10.4. The van der Waals surface area contributed by atoms with E-state index in [2.05, 4.69) is 10.2 Å². The van der Waals surface area contributed by atoms with Crippen LogP contribution in [0.5, 0.6) is 0 Å². The number of aliphatic hydroxyl groups excluding tert-OH is 1. The first-order chi connectivity index (χ1) is 4.62. The number of nitrogens with two attached hydrogens (primary N) is 1. The second kappa shape index (κ2) is 4.62. The van der Waals surface area contributed by atoms with Crippen LogP contribution < -0.4 is 5.90 Å². The van der Waals surface area contributed by atoms with Gasteiger partial charge in [-0.15, -0.1) is 0 Å². The van der Waals surface area contributed by atoms with Crippen LogP contribution in [-0.2, 0) is 14.4 Å². The van der Waals surface area contributed by atoms with E-state index in [1.807, 2.05) is 0 Å². The Morgan fingerprint density at radius 2 is 2.00 bits per heavy atom. The molecule has 0 aliphatic carbocycles. The summed E-state index contributed by atoms with van der Waals surface area (Å²) < 4.78 is 24.6. The van der Waals surface area contributed by atoms with E-state index in [9.17, 15) is 8.42 Å². The summed E-state index contributed by atoms with van der Waals surface area (Å²) in [6.07, 6.45) is 0.818. The van der Waals surface area contributed by atoms with Crippen molar-refractivity contribution < 1.29 is 17.8 Å². The predicted molar refractivity (Wildman–Crippen MR) is 35.4 cm³/mol. The molecule has 0 aromatic carbocycles. The largest absolute Gasteiger partial charge is 0.396 e. The molecule has 0 aromatic rings. The van der Waals surface area contributed by atoms with E-state index in [1.165, 1.54) is 0 Å². The highest BCUT2D eigenvalue weighted by Crippen LogP contribution is 1.94. The average Bonchev–Trinajstić information content (AvgIpc) is 1.89. The molecule has 0 aromatic heterocycles. The minimum absolute atomic E-state index is 0.0138. The maximum absolute atomic E-state index is 10.4. The van der Waals surface area contributed by atoms with Crippen molar-refractivity contribution in [2.75, 3.05) is 12.4 Å². The summed E-state index contributed by atoms with van der Waals surface area (Å²) in [5, 5.41) is 8.27. The molecule has 0 aliphatic rings. The average molecular weight is 169 g/mol. The summed E-state index contributed by atoms with van der Waals surface area (Å²) in [4.78, 5) is 0. The molecule has 0 spiro atoms. The molecule has 0 unspecified atom stereocenters. The van der Waals surface area contributed by atoms with Crippen LogP contribution >= 0.6 is 0 Å². The van der Waals surface area contributed by atoms with Gasteiger partial charge >= 0.3 is 0 Å². The molecule has 0 amide bonds. The molecule has 3 N–H and O–H groups in total. The van der Waals surface area contributed by atoms with E-state index in [0.29, 0.717) is 12.8 Å². The van der Waals surface area contributed by atoms with Crippen molar-refractivity contribution in [1.82, 2.24) is 0 Å². The molecular weight excluding hydrogens is 158 g/mol. The maximum Gasteiger partial charge on any atom is 0.283 e. The van der Waals surface area contributed by atoms with Crippen LogP contribution in [0.4, 0.5) is 0 Å². The monoisotopic (exact) mass is 169 g/mol. The van der Waals surface area contributed by atoms with Crippen LogP contribution in [0.25, 0.3) is 0 Å². The number of aliphatic hydroxyl groups is 1. The first-order valence-corrected chi connectivity index (χ1v) is 4.42. The minimum atomic E-state index is -3.53. The lowest BCUT2D eigenvalue weighted by Gasteiger charge is -1.97. The van der Waals surface area contributed by atoms with E-state index in [1.54, 1.807) is 0 Å². The summed E-state index contributed by atoms with van der Waals surface area (Å²) in [5.41, 5.74) is 0. The first kappa shape index (κ1) is 9.83. The fraction of sp³-hybridized carbons (Fsp3) is 1.00. The van der Waals surface area contributed by atoms with Crippen molar-refractivity contribution in [2.24, 2.45) is 5.90 Å². The highest BCUT2D eigenvalue weighted by Gasteiger charge is 2.07. The Morgan fingerprint density at radius 3 is 2.40 bits per heavy atom. The van der Waals surface area contributed by atoms with Crippen LogP contribution in [-0.4, -0.2) is 25.9 Å². The Bertz CT molecular complexity index is 164. The summed E-state index contributed by atoms with van der Waals surface area (Å²) in [6, 6.07) is 0. The molecule has 0 saturated heterocycles. The Kier molecular flexibility index (Phi) is 4.54. The Morgan fingerprint density at radius 1 is 1.40 bits per heavy atom. The molecule has 0 aliphatic heterocycles. The van der Waals surface area contributed by atoms with Crippen molar-refractivity contribution in [3.8, 4) is 0 Å². The third-order valence-electron chi connectivity index (χ3n) is 0.949. The van der Waals surface area contributed by atoms with E-state index < -0.39 is 10.1 Å². The SMILES string of the molecule is NOS(=O)(=O)CCCCO. The van der Waals surface area contributed by atoms with Crippen LogP contribution in [0.2, 0.25) is 0 Å². The maximum atomic E-state index is 10.4. The number of hydrogen-bond donors (Lipinski definition) is 2. The van der Waals surface area contributed by atoms with Crippen molar-refractivity contribution in [3.05, 3.63) is 0 Å². The summed E-state index contributed by atoms with van der Waals surface area (Å²) >= 11 is 0. The molecular formula is C4H11NO4S. The second-order valence-electron chi connectivity index (χ2n) is 1.79. The van der Waals surface area contributed by atoms with E-state index >= 15 is 0 Å². The third kappa shape index (κ3) is 4.68. The lowest BCUT2D eigenvalue weighted by molar-refractivity contribution is 0.285. The van der Waals surface area contributed by atoms with Gasteiger partial charge in [0.05, 0.1) is 5.75 Å². The van der Waals surface area contributed by atoms with Gasteiger partial charge in [0.1, 0.15) is 0 Å². The number of unbranched alkanes of at least 4 members (excludes halogenated alkanes) is 1. The van der Waals surface area contributed by atoms with Crippen molar-refractivity contribution in [2.45, 2.75) is 12.8 Å². The second-order valence-corrected chi connectivity index (χ2v) is 3.50. The van der Waals surface area contributed by atoms with Crippen molar-refractivity contribution in [3.63, 3.8) is 0 Å². The van der Waals surface area contributed by atoms with Gasteiger partial charge in [-0.2, -0.15) is 18.6 Å². The molecule has 0 rings (SSSR count).